The van der Waals surface area contributed by atoms with Crippen LogP contribution < -0.4 is 15.4 Å². The third kappa shape index (κ3) is 4.38. The number of allylic oxidation sites excluding steroid dienone is 1. The van der Waals surface area contributed by atoms with E-state index in [4.69, 9.17) is 16.3 Å². The number of fused-ring (bicyclic) bond motifs is 1. The van der Waals surface area contributed by atoms with Crippen molar-refractivity contribution >= 4 is 35.1 Å². The number of benzene rings is 3. The molecule has 34 heavy (non-hydrogen) atoms. The quantitative estimate of drug-likeness (QED) is 0.398. The molecule has 0 radical (unpaired) electrons. The minimum atomic E-state index is -0.320. The molecule has 0 fully saturated rings. The second kappa shape index (κ2) is 9.03. The summed E-state index contributed by atoms with van der Waals surface area (Å²) in [5.41, 5.74) is 4.53. The van der Waals surface area contributed by atoms with Crippen molar-refractivity contribution in [2.24, 2.45) is 0 Å². The number of hydrogen-bond acceptors (Lipinski definition) is 5. The van der Waals surface area contributed by atoms with E-state index in [1.54, 1.807) is 36.1 Å². The maximum absolute atomic E-state index is 12.8. The molecule has 0 spiro atoms. The average Bonchev–Trinajstić information content (AvgIpc) is 3.26. The summed E-state index contributed by atoms with van der Waals surface area (Å²) in [4.78, 5) is 17.4. The van der Waals surface area contributed by atoms with Gasteiger partial charge in [0.25, 0.3) is 11.9 Å². The van der Waals surface area contributed by atoms with Crippen LogP contribution >= 0.6 is 11.6 Å². The number of nitrogens with zero attached hydrogens (tertiary/aromatic N) is 3. The van der Waals surface area contributed by atoms with Crippen LogP contribution in [-0.4, -0.2) is 27.8 Å². The highest BCUT2D eigenvalue weighted by Gasteiger charge is 2.26. The van der Waals surface area contributed by atoms with Crippen LogP contribution in [0.25, 0.3) is 5.70 Å². The zero-order chi connectivity index (χ0) is 23.7. The van der Waals surface area contributed by atoms with Crippen molar-refractivity contribution in [3.05, 3.63) is 106 Å². The summed E-state index contributed by atoms with van der Waals surface area (Å²) in [6.45, 7) is 2.05. The Morgan fingerprint density at radius 1 is 1.09 bits per heavy atom. The molecule has 0 aliphatic carbocycles. The fourth-order valence-corrected chi connectivity index (χ4v) is 3.91. The molecule has 3 aromatic carbocycles. The predicted octanol–water partition coefficient (Wildman–Crippen LogP) is 5.56. The van der Waals surface area contributed by atoms with Gasteiger partial charge in [-0.2, -0.15) is 4.98 Å². The van der Waals surface area contributed by atoms with Crippen molar-refractivity contribution < 1.29 is 9.53 Å². The Kier molecular flexibility index (Phi) is 5.77. The molecule has 4 aromatic rings. The number of carbonyl (C=O) groups excluding carboxylic acids is 1. The third-order valence-electron chi connectivity index (χ3n) is 5.60. The lowest BCUT2D eigenvalue weighted by Crippen LogP contribution is -2.20. The van der Waals surface area contributed by atoms with Gasteiger partial charge in [-0.25, -0.2) is 4.68 Å². The Balaban J connectivity index is 1.49. The van der Waals surface area contributed by atoms with Crippen LogP contribution in [0, 0.1) is 6.92 Å². The van der Waals surface area contributed by atoms with Gasteiger partial charge in [-0.3, -0.25) is 10.1 Å². The second-order valence-corrected chi connectivity index (χ2v) is 8.39. The van der Waals surface area contributed by atoms with Crippen LogP contribution in [-0.2, 0) is 0 Å². The Morgan fingerprint density at radius 3 is 2.59 bits per heavy atom. The lowest BCUT2D eigenvalue weighted by Gasteiger charge is -2.24. The number of hydrogen-bond donors (Lipinski definition) is 2. The summed E-state index contributed by atoms with van der Waals surface area (Å²) in [6.07, 6.45) is 2.09. The fourth-order valence-electron chi connectivity index (χ4n) is 3.78. The van der Waals surface area contributed by atoms with Crippen LogP contribution in [0.15, 0.2) is 78.9 Å². The molecular weight excluding hydrogens is 450 g/mol. The molecule has 2 heterocycles. The van der Waals surface area contributed by atoms with Crippen LogP contribution in [0.5, 0.6) is 5.75 Å². The van der Waals surface area contributed by atoms with Crippen LogP contribution in [0.2, 0.25) is 5.02 Å². The highest BCUT2D eigenvalue weighted by atomic mass is 35.5. The molecular formula is C26H22ClN5O2. The van der Waals surface area contributed by atoms with E-state index in [9.17, 15) is 4.79 Å². The van der Waals surface area contributed by atoms with E-state index in [0.29, 0.717) is 22.3 Å². The summed E-state index contributed by atoms with van der Waals surface area (Å²) >= 11 is 6.08. The van der Waals surface area contributed by atoms with E-state index in [0.717, 1.165) is 16.8 Å². The van der Waals surface area contributed by atoms with Gasteiger partial charge >= 0.3 is 0 Å². The van der Waals surface area contributed by atoms with Gasteiger partial charge in [0, 0.05) is 16.3 Å². The van der Waals surface area contributed by atoms with E-state index >= 15 is 0 Å². The Labute approximate surface area is 202 Å². The van der Waals surface area contributed by atoms with Gasteiger partial charge in [0.05, 0.1) is 7.11 Å². The van der Waals surface area contributed by atoms with E-state index < -0.39 is 0 Å². The van der Waals surface area contributed by atoms with Crippen molar-refractivity contribution in [3.8, 4) is 5.75 Å². The van der Waals surface area contributed by atoms with Gasteiger partial charge in [0.1, 0.15) is 11.8 Å². The number of aromatic nitrogens is 3. The molecule has 2 N–H and O–H groups in total. The Morgan fingerprint density at radius 2 is 1.85 bits per heavy atom. The summed E-state index contributed by atoms with van der Waals surface area (Å²) in [5.74, 6) is 1.01. The Bertz CT molecular complexity index is 1380. The van der Waals surface area contributed by atoms with Gasteiger partial charge < -0.3 is 10.1 Å². The first kappa shape index (κ1) is 21.7. The van der Waals surface area contributed by atoms with Crippen molar-refractivity contribution in [2.75, 3.05) is 17.7 Å². The number of carbonyl (C=O) groups is 1. The molecule has 1 aliphatic rings. The molecule has 1 amide bonds. The monoisotopic (exact) mass is 471 g/mol. The molecule has 7 nitrogen and oxygen atoms in total. The van der Waals surface area contributed by atoms with Gasteiger partial charge in [0.15, 0.2) is 0 Å². The highest BCUT2D eigenvalue weighted by molar-refractivity contribution is 6.30. The number of methoxy groups -OCH3 is 1. The molecule has 8 heteroatoms. The van der Waals surface area contributed by atoms with E-state index in [2.05, 4.69) is 51.1 Å². The zero-order valence-corrected chi connectivity index (χ0v) is 19.4. The van der Waals surface area contributed by atoms with E-state index in [1.807, 2.05) is 31.2 Å². The molecule has 0 saturated heterocycles. The van der Waals surface area contributed by atoms with Crippen LogP contribution in [0.4, 0.5) is 11.9 Å². The standard InChI is InChI=1S/C26H22ClN5O2/c1-16-6-8-18(9-7-16)23-15-22(17-10-12-20(27)13-11-17)28-26-30-25(31-32(23)26)29-24(33)19-4-3-5-21(14-19)34-2/h3-15,23H,1-2H3,(H2,28,29,30,31,33)/t23-/m0/s1. The van der Waals surface area contributed by atoms with Crippen molar-refractivity contribution in [2.45, 2.75) is 13.0 Å². The van der Waals surface area contributed by atoms with Crippen molar-refractivity contribution in [1.82, 2.24) is 14.8 Å². The zero-order valence-electron chi connectivity index (χ0n) is 18.6. The number of ether oxygens (including phenoxy) is 1. The second-order valence-electron chi connectivity index (χ2n) is 7.96. The van der Waals surface area contributed by atoms with Gasteiger partial charge in [-0.05, 0) is 54.5 Å². The SMILES string of the molecule is COc1cccc(C(=O)Nc2nc3n(n2)[C@H](c2ccc(C)cc2)C=C(c2ccc(Cl)cc2)N3)c1. The summed E-state index contributed by atoms with van der Waals surface area (Å²) in [6, 6.07) is 22.6. The van der Waals surface area contributed by atoms with Crippen molar-refractivity contribution in [1.29, 1.82) is 0 Å². The smallest absolute Gasteiger partial charge is 0.258 e. The number of rotatable bonds is 5. The first-order valence-corrected chi connectivity index (χ1v) is 11.1. The minimum Gasteiger partial charge on any atom is -0.497 e. The number of anilines is 2. The summed E-state index contributed by atoms with van der Waals surface area (Å²) < 4.78 is 6.98. The van der Waals surface area contributed by atoms with Gasteiger partial charge in [-0.15, -0.1) is 5.10 Å². The average molecular weight is 472 g/mol. The van der Waals surface area contributed by atoms with Crippen LogP contribution in [0.1, 0.15) is 33.1 Å². The van der Waals surface area contributed by atoms with Crippen molar-refractivity contribution in [3.63, 3.8) is 0 Å². The summed E-state index contributed by atoms with van der Waals surface area (Å²) in [7, 11) is 1.56. The largest absolute Gasteiger partial charge is 0.497 e. The number of nitrogens with one attached hydrogen (secondary N) is 2. The predicted molar refractivity (Wildman–Crippen MR) is 133 cm³/mol. The molecule has 0 unspecified atom stereocenters. The van der Waals surface area contributed by atoms with Gasteiger partial charge in [-0.1, -0.05) is 59.6 Å². The molecule has 0 bridgehead atoms. The first-order chi connectivity index (χ1) is 16.5. The normalized spacial score (nSPS) is 14.6. The van der Waals surface area contributed by atoms with E-state index in [1.165, 1.54) is 5.56 Å². The number of halogens is 1. The Hall–Kier alpha value is -4.10. The van der Waals surface area contributed by atoms with Gasteiger partial charge in [0.2, 0.25) is 5.95 Å². The molecule has 5 rings (SSSR count). The third-order valence-corrected chi connectivity index (χ3v) is 5.85. The number of aryl methyl sites for hydroxylation is 1. The topological polar surface area (TPSA) is 81.1 Å². The molecule has 1 aromatic heterocycles. The van der Waals surface area contributed by atoms with E-state index in [-0.39, 0.29) is 17.9 Å². The maximum Gasteiger partial charge on any atom is 0.258 e. The summed E-state index contributed by atoms with van der Waals surface area (Å²) in [5, 5.41) is 11.4. The van der Waals surface area contributed by atoms with Crippen LogP contribution in [0.3, 0.4) is 0 Å². The minimum absolute atomic E-state index is 0.207. The maximum atomic E-state index is 12.8. The molecule has 170 valence electrons. The first-order valence-electron chi connectivity index (χ1n) is 10.7. The molecule has 1 atom stereocenters. The fraction of sp³-hybridized carbons (Fsp3) is 0.115. The highest BCUT2D eigenvalue weighted by Crippen LogP contribution is 2.33. The lowest BCUT2D eigenvalue weighted by molar-refractivity contribution is 0.102. The molecule has 1 aliphatic heterocycles. The number of amides is 1. The molecule has 0 saturated carbocycles. The lowest BCUT2D eigenvalue weighted by atomic mass is 10.0.